The van der Waals surface area contributed by atoms with Gasteiger partial charge in [0.15, 0.2) is 0 Å². The molecular formula is C18H25F2N3O3. The Labute approximate surface area is 151 Å². The van der Waals surface area contributed by atoms with Crippen LogP contribution in [0, 0.1) is 0 Å². The Kier molecular flexibility index (Phi) is 8.11. The average Bonchev–Trinajstić information content (AvgIpc) is 2.82. The summed E-state index contributed by atoms with van der Waals surface area (Å²) in [5.74, 6) is 0.280. The van der Waals surface area contributed by atoms with E-state index in [0.29, 0.717) is 25.9 Å². The standard InChI is InChI=1S/C18H25F2N3O3/c19-17(20)26-15-8-6-14(7-9-15)13-22-18(25)21-10-4-12-23-11-3-1-2-5-16(23)24/h6-9,17H,1-5,10-13H2,(H2,21,22,25). The van der Waals surface area contributed by atoms with Crippen LogP contribution in [0.5, 0.6) is 5.75 Å². The molecule has 0 atom stereocenters. The van der Waals surface area contributed by atoms with Crippen molar-refractivity contribution in [3.8, 4) is 5.75 Å². The zero-order chi connectivity index (χ0) is 18.8. The van der Waals surface area contributed by atoms with Gasteiger partial charge in [-0.05, 0) is 37.0 Å². The molecule has 144 valence electrons. The lowest BCUT2D eigenvalue weighted by Gasteiger charge is -2.20. The summed E-state index contributed by atoms with van der Waals surface area (Å²) in [5.41, 5.74) is 0.775. The molecular weight excluding hydrogens is 344 g/mol. The molecule has 1 saturated heterocycles. The van der Waals surface area contributed by atoms with Gasteiger partial charge in [0.1, 0.15) is 5.75 Å². The van der Waals surface area contributed by atoms with Crippen molar-refractivity contribution in [2.75, 3.05) is 19.6 Å². The molecule has 2 rings (SSSR count). The fourth-order valence-electron chi connectivity index (χ4n) is 2.78. The van der Waals surface area contributed by atoms with Gasteiger partial charge in [-0.25, -0.2) is 4.79 Å². The monoisotopic (exact) mass is 369 g/mol. The zero-order valence-electron chi connectivity index (χ0n) is 14.7. The number of halogens is 2. The second kappa shape index (κ2) is 10.6. The maximum absolute atomic E-state index is 12.1. The van der Waals surface area contributed by atoms with Crippen molar-refractivity contribution >= 4 is 11.9 Å². The lowest BCUT2D eigenvalue weighted by atomic mass is 10.2. The molecule has 1 aliphatic rings. The van der Waals surface area contributed by atoms with Crippen LogP contribution in [0.3, 0.4) is 0 Å². The van der Waals surface area contributed by atoms with Gasteiger partial charge in [0, 0.05) is 32.6 Å². The smallest absolute Gasteiger partial charge is 0.387 e. The molecule has 2 N–H and O–H groups in total. The van der Waals surface area contributed by atoms with Crippen molar-refractivity contribution in [1.82, 2.24) is 15.5 Å². The molecule has 0 saturated carbocycles. The highest BCUT2D eigenvalue weighted by Gasteiger charge is 2.15. The van der Waals surface area contributed by atoms with Crippen molar-refractivity contribution in [3.05, 3.63) is 29.8 Å². The highest BCUT2D eigenvalue weighted by Crippen LogP contribution is 2.14. The SMILES string of the molecule is O=C(NCCCN1CCCCCC1=O)NCc1ccc(OC(F)F)cc1. The number of nitrogens with one attached hydrogen (secondary N) is 2. The van der Waals surface area contributed by atoms with Crippen molar-refractivity contribution in [3.63, 3.8) is 0 Å². The second-order valence-electron chi connectivity index (χ2n) is 6.18. The molecule has 6 nitrogen and oxygen atoms in total. The number of alkyl halides is 2. The highest BCUT2D eigenvalue weighted by molar-refractivity contribution is 5.76. The average molecular weight is 369 g/mol. The minimum Gasteiger partial charge on any atom is -0.435 e. The number of benzene rings is 1. The van der Waals surface area contributed by atoms with E-state index < -0.39 is 6.61 Å². The number of hydrogen-bond acceptors (Lipinski definition) is 3. The zero-order valence-corrected chi connectivity index (χ0v) is 14.7. The summed E-state index contributed by atoms with van der Waals surface area (Å²) >= 11 is 0. The first-order chi connectivity index (χ1) is 12.5. The second-order valence-corrected chi connectivity index (χ2v) is 6.18. The van der Waals surface area contributed by atoms with Crippen LogP contribution in [-0.4, -0.2) is 43.1 Å². The van der Waals surface area contributed by atoms with Crippen LogP contribution in [0.25, 0.3) is 0 Å². The summed E-state index contributed by atoms with van der Waals surface area (Å²) in [6.07, 6.45) is 4.43. The molecule has 0 unspecified atom stereocenters. The van der Waals surface area contributed by atoms with E-state index >= 15 is 0 Å². The summed E-state index contributed by atoms with van der Waals surface area (Å²) in [6.45, 7) is -0.627. The lowest BCUT2D eigenvalue weighted by molar-refractivity contribution is -0.130. The fraction of sp³-hybridized carbons (Fsp3) is 0.556. The molecule has 0 aromatic heterocycles. The van der Waals surface area contributed by atoms with Crippen LogP contribution >= 0.6 is 0 Å². The first kappa shape index (κ1) is 19.9. The number of rotatable bonds is 8. The Bertz CT molecular complexity index is 582. The first-order valence-corrected chi connectivity index (χ1v) is 8.88. The van der Waals surface area contributed by atoms with Gasteiger partial charge in [-0.1, -0.05) is 18.6 Å². The maximum atomic E-state index is 12.1. The molecule has 8 heteroatoms. The third-order valence-corrected chi connectivity index (χ3v) is 4.16. The predicted molar refractivity (Wildman–Crippen MR) is 93.0 cm³/mol. The molecule has 0 spiro atoms. The molecule has 3 amide bonds. The number of carbonyl (C=O) groups excluding carboxylic acids is 2. The van der Waals surface area contributed by atoms with Crippen molar-refractivity contribution in [2.24, 2.45) is 0 Å². The Morgan fingerprint density at radius 2 is 1.92 bits per heavy atom. The van der Waals surface area contributed by atoms with E-state index in [1.54, 1.807) is 12.1 Å². The van der Waals surface area contributed by atoms with E-state index in [0.717, 1.165) is 31.4 Å². The summed E-state index contributed by atoms with van der Waals surface area (Å²) < 4.78 is 28.4. The van der Waals surface area contributed by atoms with E-state index in [2.05, 4.69) is 15.4 Å². The Morgan fingerprint density at radius 3 is 2.65 bits per heavy atom. The molecule has 1 aliphatic heterocycles. The van der Waals surface area contributed by atoms with E-state index in [-0.39, 0.29) is 24.2 Å². The van der Waals surface area contributed by atoms with Crippen molar-refractivity contribution < 1.29 is 23.1 Å². The topological polar surface area (TPSA) is 70.7 Å². The van der Waals surface area contributed by atoms with E-state index in [4.69, 9.17) is 0 Å². The molecule has 1 aromatic rings. The number of urea groups is 1. The summed E-state index contributed by atoms with van der Waals surface area (Å²) in [6, 6.07) is 5.78. The van der Waals surface area contributed by atoms with Crippen LogP contribution < -0.4 is 15.4 Å². The minimum absolute atomic E-state index is 0.0799. The fourth-order valence-corrected chi connectivity index (χ4v) is 2.78. The molecule has 1 aromatic carbocycles. The predicted octanol–water partition coefficient (Wildman–Crippen LogP) is 2.88. The lowest BCUT2D eigenvalue weighted by Crippen LogP contribution is -2.38. The van der Waals surface area contributed by atoms with Crippen molar-refractivity contribution in [1.29, 1.82) is 0 Å². The summed E-state index contributed by atoms with van der Waals surface area (Å²) in [4.78, 5) is 25.5. The van der Waals surface area contributed by atoms with Gasteiger partial charge in [0.05, 0.1) is 0 Å². The van der Waals surface area contributed by atoms with Gasteiger partial charge in [0.2, 0.25) is 5.91 Å². The molecule has 0 aliphatic carbocycles. The molecule has 1 fully saturated rings. The van der Waals surface area contributed by atoms with Crippen LogP contribution in [0.15, 0.2) is 24.3 Å². The number of nitrogens with zero attached hydrogens (tertiary/aromatic N) is 1. The minimum atomic E-state index is -2.85. The quantitative estimate of drug-likeness (QED) is 0.692. The third-order valence-electron chi connectivity index (χ3n) is 4.16. The number of hydrogen-bond donors (Lipinski definition) is 2. The number of likely N-dealkylation sites (tertiary alicyclic amines) is 1. The molecule has 1 heterocycles. The Hall–Kier alpha value is -2.38. The van der Waals surface area contributed by atoms with Gasteiger partial charge in [0.25, 0.3) is 0 Å². The molecule has 26 heavy (non-hydrogen) atoms. The van der Waals surface area contributed by atoms with Crippen LogP contribution in [0.2, 0.25) is 0 Å². The largest absolute Gasteiger partial charge is 0.435 e. The number of carbonyl (C=O) groups is 2. The van der Waals surface area contributed by atoms with Crippen LogP contribution in [0.4, 0.5) is 13.6 Å². The van der Waals surface area contributed by atoms with Gasteiger partial charge < -0.3 is 20.3 Å². The molecule has 0 bridgehead atoms. The van der Waals surface area contributed by atoms with Gasteiger partial charge in [-0.15, -0.1) is 0 Å². The normalized spacial score (nSPS) is 14.9. The van der Waals surface area contributed by atoms with Gasteiger partial charge in [-0.2, -0.15) is 8.78 Å². The first-order valence-electron chi connectivity index (χ1n) is 8.88. The maximum Gasteiger partial charge on any atom is 0.387 e. The molecule has 0 radical (unpaired) electrons. The van der Waals surface area contributed by atoms with Gasteiger partial charge in [-0.3, -0.25) is 4.79 Å². The van der Waals surface area contributed by atoms with E-state index in [9.17, 15) is 18.4 Å². The highest BCUT2D eigenvalue weighted by atomic mass is 19.3. The van der Waals surface area contributed by atoms with Gasteiger partial charge >= 0.3 is 12.6 Å². The van der Waals surface area contributed by atoms with Crippen LogP contribution in [-0.2, 0) is 11.3 Å². The number of amides is 3. The summed E-state index contributed by atoms with van der Waals surface area (Å²) in [7, 11) is 0. The Balaban J connectivity index is 1.60. The van der Waals surface area contributed by atoms with E-state index in [1.807, 2.05) is 4.90 Å². The number of ether oxygens (including phenoxy) is 1. The summed E-state index contributed by atoms with van der Waals surface area (Å²) in [5, 5.41) is 5.45. The third kappa shape index (κ3) is 7.25. The van der Waals surface area contributed by atoms with E-state index in [1.165, 1.54) is 12.1 Å². The Morgan fingerprint density at radius 1 is 1.15 bits per heavy atom. The van der Waals surface area contributed by atoms with Crippen LogP contribution in [0.1, 0.15) is 37.7 Å². The van der Waals surface area contributed by atoms with Crippen molar-refractivity contribution in [2.45, 2.75) is 45.3 Å².